The Labute approximate surface area is 100 Å². The second-order valence-corrected chi connectivity index (χ2v) is 5.12. The number of hydrogen-bond donors (Lipinski definition) is 1. The monoisotopic (exact) mass is 238 g/mol. The summed E-state index contributed by atoms with van der Waals surface area (Å²) in [5.41, 5.74) is 0. The van der Waals surface area contributed by atoms with E-state index in [2.05, 4.69) is 5.32 Å². The van der Waals surface area contributed by atoms with Crippen molar-refractivity contribution in [1.82, 2.24) is 10.2 Å². The summed E-state index contributed by atoms with van der Waals surface area (Å²) >= 11 is 0. The lowest BCUT2D eigenvalue weighted by Crippen LogP contribution is -2.47. The number of fused-ring (bicyclic) bond motifs is 2. The Balaban J connectivity index is 1.63. The predicted octanol–water partition coefficient (Wildman–Crippen LogP) is 0.0433. The first-order valence-electron chi connectivity index (χ1n) is 6.44. The van der Waals surface area contributed by atoms with E-state index in [1.165, 1.54) is 4.90 Å². The SMILES string of the molecule is CCN1C(=O)CC(NC2CC3CCC2O3)C1=O. The smallest absolute Gasteiger partial charge is 0.246 e. The Kier molecular flexibility index (Phi) is 2.67. The van der Waals surface area contributed by atoms with Crippen molar-refractivity contribution in [1.29, 1.82) is 0 Å². The summed E-state index contributed by atoms with van der Waals surface area (Å²) < 4.78 is 5.74. The van der Waals surface area contributed by atoms with E-state index in [9.17, 15) is 9.59 Å². The molecule has 3 fully saturated rings. The molecular formula is C12H18N2O3. The zero-order valence-corrected chi connectivity index (χ0v) is 10.0. The minimum absolute atomic E-state index is 0.0564. The zero-order chi connectivity index (χ0) is 12.0. The summed E-state index contributed by atoms with van der Waals surface area (Å²) in [6, 6.07) is -0.0669. The van der Waals surface area contributed by atoms with Gasteiger partial charge in [0.1, 0.15) is 0 Å². The van der Waals surface area contributed by atoms with Gasteiger partial charge in [0.15, 0.2) is 0 Å². The summed E-state index contributed by atoms with van der Waals surface area (Å²) in [6.45, 7) is 2.31. The maximum absolute atomic E-state index is 11.9. The van der Waals surface area contributed by atoms with E-state index in [-0.39, 0.29) is 30.0 Å². The van der Waals surface area contributed by atoms with Gasteiger partial charge in [0.25, 0.3) is 0 Å². The van der Waals surface area contributed by atoms with Gasteiger partial charge < -0.3 is 4.74 Å². The highest BCUT2D eigenvalue weighted by molar-refractivity contribution is 6.05. The molecule has 17 heavy (non-hydrogen) atoms. The summed E-state index contributed by atoms with van der Waals surface area (Å²) in [5.74, 6) is -0.126. The Morgan fingerprint density at radius 1 is 1.41 bits per heavy atom. The topological polar surface area (TPSA) is 58.6 Å². The third-order valence-electron chi connectivity index (χ3n) is 4.08. The van der Waals surface area contributed by atoms with E-state index >= 15 is 0 Å². The summed E-state index contributed by atoms with van der Waals surface area (Å²) in [6.07, 6.45) is 4.12. The van der Waals surface area contributed by atoms with Crippen LogP contribution in [0, 0.1) is 0 Å². The molecule has 4 unspecified atom stereocenters. The summed E-state index contributed by atoms with van der Waals surface area (Å²) in [4.78, 5) is 24.9. The molecule has 0 aromatic carbocycles. The average Bonchev–Trinajstić information content (AvgIpc) is 2.96. The first-order valence-corrected chi connectivity index (χ1v) is 6.44. The highest BCUT2D eigenvalue weighted by Gasteiger charge is 2.45. The first kappa shape index (κ1) is 11.2. The maximum atomic E-state index is 11.9. The van der Waals surface area contributed by atoms with Crippen molar-refractivity contribution in [2.75, 3.05) is 6.54 Å². The number of likely N-dealkylation sites (tertiary alicyclic amines) is 1. The van der Waals surface area contributed by atoms with Crippen LogP contribution >= 0.6 is 0 Å². The fourth-order valence-electron chi connectivity index (χ4n) is 3.22. The van der Waals surface area contributed by atoms with Crippen molar-refractivity contribution in [3.8, 4) is 0 Å². The predicted molar refractivity (Wildman–Crippen MR) is 60.2 cm³/mol. The minimum Gasteiger partial charge on any atom is -0.373 e. The minimum atomic E-state index is -0.324. The molecule has 2 bridgehead atoms. The zero-order valence-electron chi connectivity index (χ0n) is 10.0. The number of likely N-dealkylation sites (N-methyl/N-ethyl adjacent to an activating group) is 1. The van der Waals surface area contributed by atoms with Gasteiger partial charge in [-0.3, -0.25) is 19.8 Å². The molecule has 2 amide bonds. The van der Waals surface area contributed by atoms with Gasteiger partial charge in [-0.1, -0.05) is 0 Å². The van der Waals surface area contributed by atoms with Gasteiger partial charge >= 0.3 is 0 Å². The number of amides is 2. The van der Waals surface area contributed by atoms with Gasteiger partial charge in [0.2, 0.25) is 11.8 Å². The van der Waals surface area contributed by atoms with Gasteiger partial charge in [0.05, 0.1) is 24.7 Å². The fourth-order valence-corrected chi connectivity index (χ4v) is 3.22. The number of hydrogen-bond acceptors (Lipinski definition) is 4. The van der Waals surface area contributed by atoms with Crippen molar-refractivity contribution in [3.63, 3.8) is 0 Å². The molecule has 3 saturated heterocycles. The van der Waals surface area contributed by atoms with Gasteiger partial charge in [-0.05, 0) is 26.2 Å². The molecule has 5 nitrogen and oxygen atoms in total. The number of carbonyl (C=O) groups is 2. The van der Waals surface area contributed by atoms with Crippen molar-refractivity contribution >= 4 is 11.8 Å². The number of carbonyl (C=O) groups excluding carboxylic acids is 2. The quantitative estimate of drug-likeness (QED) is 0.705. The van der Waals surface area contributed by atoms with Crippen LogP contribution in [-0.2, 0) is 14.3 Å². The molecule has 0 saturated carbocycles. The largest absolute Gasteiger partial charge is 0.373 e. The third kappa shape index (κ3) is 1.77. The average molecular weight is 238 g/mol. The molecule has 0 aliphatic carbocycles. The molecule has 3 heterocycles. The Bertz CT molecular complexity index is 358. The Hall–Kier alpha value is -0.940. The van der Waals surface area contributed by atoms with E-state index in [0.29, 0.717) is 19.1 Å². The van der Waals surface area contributed by atoms with Gasteiger partial charge in [-0.2, -0.15) is 0 Å². The lowest BCUT2D eigenvalue weighted by molar-refractivity contribution is -0.138. The summed E-state index contributed by atoms with van der Waals surface area (Å²) in [7, 11) is 0. The molecule has 0 spiro atoms. The van der Waals surface area contributed by atoms with E-state index in [1.54, 1.807) is 0 Å². The van der Waals surface area contributed by atoms with Crippen molar-refractivity contribution < 1.29 is 14.3 Å². The molecule has 3 aliphatic heterocycles. The van der Waals surface area contributed by atoms with Crippen molar-refractivity contribution in [3.05, 3.63) is 0 Å². The van der Waals surface area contributed by atoms with E-state index < -0.39 is 0 Å². The molecule has 1 N–H and O–H groups in total. The molecule has 0 radical (unpaired) electrons. The van der Waals surface area contributed by atoms with E-state index in [1.807, 2.05) is 6.92 Å². The maximum Gasteiger partial charge on any atom is 0.246 e. The molecule has 3 rings (SSSR count). The first-order chi connectivity index (χ1) is 8.19. The number of nitrogens with one attached hydrogen (secondary N) is 1. The molecule has 0 aromatic rings. The van der Waals surface area contributed by atoms with Crippen LogP contribution in [0.2, 0.25) is 0 Å². The van der Waals surface area contributed by atoms with Crippen LogP contribution in [0.4, 0.5) is 0 Å². The standard InChI is InChI=1S/C12H18N2O3/c1-2-14-11(15)6-9(12(14)16)13-8-5-7-3-4-10(8)17-7/h7-10,13H,2-6H2,1H3. The second-order valence-electron chi connectivity index (χ2n) is 5.12. The molecule has 5 heteroatoms. The van der Waals surface area contributed by atoms with Crippen LogP contribution < -0.4 is 5.32 Å². The highest BCUT2D eigenvalue weighted by Crippen LogP contribution is 2.35. The van der Waals surface area contributed by atoms with Crippen LogP contribution in [0.15, 0.2) is 0 Å². The van der Waals surface area contributed by atoms with Gasteiger partial charge in [-0.15, -0.1) is 0 Å². The van der Waals surface area contributed by atoms with Crippen LogP contribution in [0.25, 0.3) is 0 Å². The van der Waals surface area contributed by atoms with Crippen LogP contribution in [0.3, 0.4) is 0 Å². The van der Waals surface area contributed by atoms with Crippen molar-refractivity contribution in [2.45, 2.75) is 56.9 Å². The normalized spacial score (nSPS) is 40.6. The Morgan fingerprint density at radius 2 is 2.24 bits per heavy atom. The Morgan fingerprint density at radius 3 is 2.76 bits per heavy atom. The molecule has 3 aliphatic rings. The lowest BCUT2D eigenvalue weighted by atomic mass is 9.95. The highest BCUT2D eigenvalue weighted by atomic mass is 16.5. The van der Waals surface area contributed by atoms with Gasteiger partial charge in [0, 0.05) is 12.6 Å². The number of imide groups is 1. The lowest BCUT2D eigenvalue weighted by Gasteiger charge is -2.23. The third-order valence-corrected chi connectivity index (χ3v) is 4.08. The summed E-state index contributed by atoms with van der Waals surface area (Å²) in [5, 5.41) is 3.32. The molecular weight excluding hydrogens is 220 g/mol. The van der Waals surface area contributed by atoms with Crippen LogP contribution in [-0.4, -0.2) is 47.6 Å². The molecule has 4 atom stereocenters. The van der Waals surface area contributed by atoms with E-state index in [0.717, 1.165) is 19.3 Å². The van der Waals surface area contributed by atoms with Crippen LogP contribution in [0.1, 0.15) is 32.6 Å². The van der Waals surface area contributed by atoms with Crippen LogP contribution in [0.5, 0.6) is 0 Å². The number of nitrogens with zero attached hydrogens (tertiary/aromatic N) is 1. The number of ether oxygens (including phenoxy) is 1. The van der Waals surface area contributed by atoms with E-state index in [4.69, 9.17) is 4.74 Å². The fraction of sp³-hybridized carbons (Fsp3) is 0.833. The molecule has 94 valence electrons. The second kappa shape index (κ2) is 4.07. The number of rotatable bonds is 3. The molecule has 0 aromatic heterocycles. The van der Waals surface area contributed by atoms with Crippen molar-refractivity contribution in [2.24, 2.45) is 0 Å². The van der Waals surface area contributed by atoms with Gasteiger partial charge in [-0.25, -0.2) is 0 Å².